The van der Waals surface area contributed by atoms with E-state index >= 15 is 0 Å². The molecule has 56 valence electrons. The normalized spacial score (nSPS) is 17.3. The fourth-order valence-corrected chi connectivity index (χ4v) is 0.659. The van der Waals surface area contributed by atoms with E-state index in [9.17, 15) is 0 Å². The number of methoxy groups -OCH3 is 1. The van der Waals surface area contributed by atoms with Crippen molar-refractivity contribution in [3.8, 4) is 0 Å². The zero-order chi connectivity index (χ0) is 7.28. The predicted molar refractivity (Wildman–Crippen MR) is 39.3 cm³/mol. The van der Waals surface area contributed by atoms with Gasteiger partial charge in [0.1, 0.15) is 0 Å². The molecule has 2 nitrogen and oxygen atoms in total. The number of ether oxygens (including phenoxy) is 1. The highest BCUT2D eigenvalue weighted by Crippen LogP contribution is 2.04. The van der Waals surface area contributed by atoms with Gasteiger partial charge >= 0.3 is 0 Å². The van der Waals surface area contributed by atoms with Crippen molar-refractivity contribution in [1.82, 2.24) is 0 Å². The van der Waals surface area contributed by atoms with Crippen molar-refractivity contribution >= 4 is 0 Å². The van der Waals surface area contributed by atoms with Crippen LogP contribution in [0.2, 0.25) is 0 Å². The molecular weight excluding hydrogens is 114 g/mol. The molecule has 0 rings (SSSR count). The van der Waals surface area contributed by atoms with E-state index in [1.54, 1.807) is 7.11 Å². The SMILES string of the molecule is CC[C@H](C)[C@H](N)COC. The van der Waals surface area contributed by atoms with Crippen LogP contribution in [-0.2, 0) is 4.74 Å². The third kappa shape index (κ3) is 3.49. The second-order valence-corrected chi connectivity index (χ2v) is 2.50. The Hall–Kier alpha value is -0.0800. The zero-order valence-electron chi connectivity index (χ0n) is 6.55. The lowest BCUT2D eigenvalue weighted by molar-refractivity contribution is 0.159. The van der Waals surface area contributed by atoms with Crippen molar-refractivity contribution in [2.75, 3.05) is 13.7 Å². The van der Waals surface area contributed by atoms with Crippen LogP contribution >= 0.6 is 0 Å². The first-order valence-corrected chi connectivity index (χ1v) is 3.46. The third-order valence-electron chi connectivity index (χ3n) is 1.73. The van der Waals surface area contributed by atoms with E-state index in [2.05, 4.69) is 13.8 Å². The third-order valence-corrected chi connectivity index (χ3v) is 1.73. The molecule has 2 N–H and O–H groups in total. The van der Waals surface area contributed by atoms with Crippen LogP contribution in [0.3, 0.4) is 0 Å². The van der Waals surface area contributed by atoms with Crippen LogP contribution in [-0.4, -0.2) is 19.8 Å². The van der Waals surface area contributed by atoms with E-state index in [0.717, 1.165) is 6.42 Å². The summed E-state index contributed by atoms with van der Waals surface area (Å²) in [6.45, 7) is 4.96. The number of hydrogen-bond donors (Lipinski definition) is 1. The van der Waals surface area contributed by atoms with E-state index in [0.29, 0.717) is 12.5 Å². The van der Waals surface area contributed by atoms with Crippen LogP contribution in [0.5, 0.6) is 0 Å². The number of rotatable bonds is 4. The molecule has 0 bridgehead atoms. The Morgan fingerprint density at radius 2 is 2.11 bits per heavy atom. The largest absolute Gasteiger partial charge is 0.383 e. The summed E-state index contributed by atoms with van der Waals surface area (Å²) in [5, 5.41) is 0. The van der Waals surface area contributed by atoms with Crippen LogP contribution in [0.1, 0.15) is 20.3 Å². The van der Waals surface area contributed by atoms with Crippen molar-refractivity contribution < 1.29 is 4.74 Å². The highest BCUT2D eigenvalue weighted by molar-refractivity contribution is 4.65. The quantitative estimate of drug-likeness (QED) is 0.618. The zero-order valence-corrected chi connectivity index (χ0v) is 6.55. The van der Waals surface area contributed by atoms with Gasteiger partial charge in [0.2, 0.25) is 0 Å². The molecular formula is C7H17NO. The van der Waals surface area contributed by atoms with Crippen molar-refractivity contribution in [3.05, 3.63) is 0 Å². The number of nitrogens with two attached hydrogens (primary N) is 1. The van der Waals surface area contributed by atoms with Gasteiger partial charge in [0.25, 0.3) is 0 Å². The van der Waals surface area contributed by atoms with E-state index in [1.807, 2.05) is 0 Å². The van der Waals surface area contributed by atoms with Gasteiger partial charge < -0.3 is 10.5 Å². The topological polar surface area (TPSA) is 35.2 Å². The van der Waals surface area contributed by atoms with Gasteiger partial charge in [-0.25, -0.2) is 0 Å². The summed E-state index contributed by atoms with van der Waals surface area (Å²) in [4.78, 5) is 0. The molecule has 0 aliphatic rings. The van der Waals surface area contributed by atoms with Gasteiger partial charge in [-0.1, -0.05) is 20.3 Å². The molecule has 2 atom stereocenters. The molecule has 0 saturated heterocycles. The maximum absolute atomic E-state index is 5.71. The molecule has 0 aromatic carbocycles. The molecule has 2 heteroatoms. The van der Waals surface area contributed by atoms with Crippen LogP contribution in [0, 0.1) is 5.92 Å². The lowest BCUT2D eigenvalue weighted by atomic mass is 10.0. The minimum absolute atomic E-state index is 0.208. The molecule has 0 heterocycles. The monoisotopic (exact) mass is 131 g/mol. The lowest BCUT2D eigenvalue weighted by Crippen LogP contribution is -2.32. The smallest absolute Gasteiger partial charge is 0.0616 e. The van der Waals surface area contributed by atoms with Crippen LogP contribution < -0.4 is 5.73 Å². The summed E-state index contributed by atoms with van der Waals surface area (Å²) in [7, 11) is 1.68. The lowest BCUT2D eigenvalue weighted by Gasteiger charge is -2.16. The van der Waals surface area contributed by atoms with Gasteiger partial charge in [-0.05, 0) is 5.92 Å². The molecule has 0 saturated carbocycles. The Morgan fingerprint density at radius 3 is 2.44 bits per heavy atom. The van der Waals surface area contributed by atoms with Gasteiger partial charge in [-0.15, -0.1) is 0 Å². The van der Waals surface area contributed by atoms with E-state index in [1.165, 1.54) is 0 Å². The second-order valence-electron chi connectivity index (χ2n) is 2.50. The second kappa shape index (κ2) is 4.77. The van der Waals surface area contributed by atoms with E-state index < -0.39 is 0 Å². The Labute approximate surface area is 57.4 Å². The summed E-state index contributed by atoms with van der Waals surface area (Å²) < 4.78 is 4.90. The molecule has 9 heavy (non-hydrogen) atoms. The molecule has 0 aliphatic carbocycles. The summed E-state index contributed by atoms with van der Waals surface area (Å²) in [6.07, 6.45) is 1.13. The Kier molecular flexibility index (Phi) is 4.72. The van der Waals surface area contributed by atoms with Gasteiger partial charge in [-0.3, -0.25) is 0 Å². The van der Waals surface area contributed by atoms with Crippen molar-refractivity contribution in [3.63, 3.8) is 0 Å². The van der Waals surface area contributed by atoms with E-state index in [-0.39, 0.29) is 6.04 Å². The minimum Gasteiger partial charge on any atom is -0.383 e. The first-order valence-electron chi connectivity index (χ1n) is 3.46. The molecule has 0 fully saturated rings. The maximum Gasteiger partial charge on any atom is 0.0616 e. The van der Waals surface area contributed by atoms with Gasteiger partial charge in [0, 0.05) is 13.2 Å². The highest BCUT2D eigenvalue weighted by atomic mass is 16.5. The average Bonchev–Trinajstić information content (AvgIpc) is 1.87. The Balaban J connectivity index is 3.32. The highest BCUT2D eigenvalue weighted by Gasteiger charge is 2.08. The standard InChI is InChI=1S/C7H17NO/c1-4-6(2)7(8)5-9-3/h6-7H,4-5,8H2,1-3H3/t6-,7+/m0/s1. The fourth-order valence-electron chi connectivity index (χ4n) is 0.659. The molecule has 0 radical (unpaired) electrons. The summed E-state index contributed by atoms with van der Waals surface area (Å²) in [5.74, 6) is 0.574. The van der Waals surface area contributed by atoms with Crippen LogP contribution in [0.25, 0.3) is 0 Å². The maximum atomic E-state index is 5.71. The summed E-state index contributed by atoms with van der Waals surface area (Å²) >= 11 is 0. The molecule has 0 amide bonds. The molecule has 0 aliphatic heterocycles. The van der Waals surface area contributed by atoms with Gasteiger partial charge in [-0.2, -0.15) is 0 Å². The molecule has 0 aromatic rings. The summed E-state index contributed by atoms with van der Waals surface area (Å²) in [6, 6.07) is 0.208. The van der Waals surface area contributed by atoms with E-state index in [4.69, 9.17) is 10.5 Å². The molecule has 0 unspecified atom stereocenters. The van der Waals surface area contributed by atoms with Gasteiger partial charge in [0.15, 0.2) is 0 Å². The fraction of sp³-hybridized carbons (Fsp3) is 1.00. The minimum atomic E-state index is 0.208. The van der Waals surface area contributed by atoms with Crippen molar-refractivity contribution in [2.24, 2.45) is 11.7 Å². The predicted octanol–water partition coefficient (Wildman–Crippen LogP) is 1.01. The van der Waals surface area contributed by atoms with Crippen molar-refractivity contribution in [2.45, 2.75) is 26.3 Å². The first-order chi connectivity index (χ1) is 4.22. The van der Waals surface area contributed by atoms with Crippen LogP contribution in [0.15, 0.2) is 0 Å². The van der Waals surface area contributed by atoms with Gasteiger partial charge in [0.05, 0.1) is 6.61 Å². The Morgan fingerprint density at radius 1 is 1.56 bits per heavy atom. The first kappa shape index (κ1) is 8.92. The average molecular weight is 131 g/mol. The van der Waals surface area contributed by atoms with Crippen LogP contribution in [0.4, 0.5) is 0 Å². The number of hydrogen-bond acceptors (Lipinski definition) is 2. The Bertz CT molecular complexity index is 65.9. The summed E-state index contributed by atoms with van der Waals surface area (Å²) in [5.41, 5.74) is 5.71. The molecule has 0 aromatic heterocycles. The molecule has 0 spiro atoms. The van der Waals surface area contributed by atoms with Crippen molar-refractivity contribution in [1.29, 1.82) is 0 Å².